The highest BCUT2D eigenvalue weighted by Gasteiger charge is 2.10. The van der Waals surface area contributed by atoms with E-state index in [9.17, 15) is 0 Å². The number of allylic oxidation sites excluding steroid dienone is 1. The average molecular weight is 182 g/mol. The highest BCUT2D eigenvalue weighted by Crippen LogP contribution is 2.25. The van der Waals surface area contributed by atoms with Crippen molar-refractivity contribution in [3.63, 3.8) is 0 Å². The van der Waals surface area contributed by atoms with Gasteiger partial charge in [-0.1, -0.05) is 24.3 Å². The van der Waals surface area contributed by atoms with Crippen LogP contribution in [0.1, 0.15) is 11.1 Å². The zero-order chi connectivity index (χ0) is 9.38. The van der Waals surface area contributed by atoms with Crippen LogP contribution >= 0.6 is 0 Å². The fourth-order valence-corrected chi connectivity index (χ4v) is 1.92. The Balaban J connectivity index is 2.22. The third-order valence-corrected chi connectivity index (χ3v) is 2.59. The van der Waals surface area contributed by atoms with Crippen LogP contribution in [0.25, 0.3) is 11.8 Å². The first kappa shape index (κ1) is 7.56. The molecule has 0 N–H and O–H groups in total. The summed E-state index contributed by atoms with van der Waals surface area (Å²) in [6, 6.07) is 6.37. The van der Waals surface area contributed by atoms with Crippen molar-refractivity contribution < 1.29 is 0 Å². The number of fused-ring (bicyclic) bond motifs is 1. The number of aromatic nitrogens is 2. The van der Waals surface area contributed by atoms with Crippen LogP contribution in [0.2, 0.25) is 0 Å². The monoisotopic (exact) mass is 182 g/mol. The smallest absolute Gasteiger partial charge is 0.0991 e. The maximum absolute atomic E-state index is 4.07. The van der Waals surface area contributed by atoms with Gasteiger partial charge in [-0.2, -0.15) is 0 Å². The van der Waals surface area contributed by atoms with Crippen LogP contribution in [-0.2, 0) is 6.42 Å². The minimum Gasteiger partial charge on any atom is -0.306 e. The van der Waals surface area contributed by atoms with Gasteiger partial charge in [-0.25, -0.2) is 4.98 Å². The van der Waals surface area contributed by atoms with E-state index in [0.29, 0.717) is 0 Å². The van der Waals surface area contributed by atoms with Gasteiger partial charge in [0.25, 0.3) is 0 Å². The molecule has 2 aromatic rings. The maximum atomic E-state index is 4.07. The number of imidazole rings is 1. The van der Waals surface area contributed by atoms with Crippen molar-refractivity contribution in [2.75, 3.05) is 0 Å². The lowest BCUT2D eigenvalue weighted by atomic mass is 10.1. The molecule has 1 aromatic heterocycles. The van der Waals surface area contributed by atoms with Crippen molar-refractivity contribution in [2.45, 2.75) is 6.42 Å². The molecular formula is C12H10N2. The van der Waals surface area contributed by atoms with Crippen LogP contribution in [-0.4, -0.2) is 9.55 Å². The average Bonchev–Trinajstić information content (AvgIpc) is 2.88. The summed E-state index contributed by atoms with van der Waals surface area (Å²) < 4.78 is 2.06. The van der Waals surface area contributed by atoms with Gasteiger partial charge in [0.1, 0.15) is 0 Å². The molecule has 2 heteroatoms. The molecule has 0 bridgehead atoms. The molecule has 0 amide bonds. The number of rotatable bonds is 1. The first-order valence-electron chi connectivity index (χ1n) is 4.72. The van der Waals surface area contributed by atoms with Crippen LogP contribution in [0.15, 0.2) is 43.0 Å². The number of hydrogen-bond donors (Lipinski definition) is 0. The van der Waals surface area contributed by atoms with Gasteiger partial charge in [0, 0.05) is 12.4 Å². The Morgan fingerprint density at radius 2 is 2.29 bits per heavy atom. The van der Waals surface area contributed by atoms with E-state index in [-0.39, 0.29) is 0 Å². The molecule has 0 unspecified atom stereocenters. The van der Waals surface area contributed by atoms with E-state index in [4.69, 9.17) is 0 Å². The van der Waals surface area contributed by atoms with Crippen LogP contribution in [0.4, 0.5) is 0 Å². The Kier molecular flexibility index (Phi) is 1.53. The molecule has 3 rings (SSSR count). The molecule has 1 aliphatic rings. The highest BCUT2D eigenvalue weighted by atomic mass is 15.0. The van der Waals surface area contributed by atoms with Gasteiger partial charge >= 0.3 is 0 Å². The second-order valence-corrected chi connectivity index (χ2v) is 3.42. The molecule has 0 radical (unpaired) electrons. The minimum atomic E-state index is 1.03. The van der Waals surface area contributed by atoms with E-state index in [1.165, 1.54) is 16.8 Å². The van der Waals surface area contributed by atoms with Gasteiger partial charge in [-0.05, 0) is 23.6 Å². The number of hydrogen-bond acceptors (Lipinski definition) is 1. The topological polar surface area (TPSA) is 17.8 Å². The Morgan fingerprint density at radius 3 is 3.14 bits per heavy atom. The third-order valence-electron chi connectivity index (χ3n) is 2.59. The van der Waals surface area contributed by atoms with Gasteiger partial charge < -0.3 is 4.57 Å². The summed E-state index contributed by atoms with van der Waals surface area (Å²) in [5, 5.41) is 0. The summed E-state index contributed by atoms with van der Waals surface area (Å²) in [4.78, 5) is 4.07. The summed E-state index contributed by atoms with van der Waals surface area (Å²) in [6.45, 7) is 0. The predicted molar refractivity (Wildman–Crippen MR) is 56.3 cm³/mol. The predicted octanol–water partition coefficient (Wildman–Crippen LogP) is 2.44. The normalized spacial score (nSPS) is 13.1. The van der Waals surface area contributed by atoms with E-state index in [1.807, 2.05) is 18.7 Å². The molecule has 2 nitrogen and oxygen atoms in total. The van der Waals surface area contributed by atoms with Crippen molar-refractivity contribution >= 4 is 6.08 Å². The molecule has 0 aliphatic heterocycles. The second kappa shape index (κ2) is 2.84. The Bertz CT molecular complexity index is 481. The SMILES string of the molecule is C1=Cc2cccc(-n3ccnc3)c2C1. The Hall–Kier alpha value is -1.83. The molecule has 1 aliphatic carbocycles. The van der Waals surface area contributed by atoms with E-state index in [0.717, 1.165) is 6.42 Å². The maximum Gasteiger partial charge on any atom is 0.0991 e. The fraction of sp³-hybridized carbons (Fsp3) is 0.0833. The Labute approximate surface area is 82.5 Å². The van der Waals surface area contributed by atoms with Crippen molar-refractivity contribution in [1.82, 2.24) is 9.55 Å². The minimum absolute atomic E-state index is 1.03. The van der Waals surface area contributed by atoms with Crippen molar-refractivity contribution in [3.8, 4) is 5.69 Å². The highest BCUT2D eigenvalue weighted by molar-refractivity contribution is 5.65. The van der Waals surface area contributed by atoms with Crippen LogP contribution in [0.3, 0.4) is 0 Å². The van der Waals surface area contributed by atoms with E-state index >= 15 is 0 Å². The molecule has 0 atom stereocenters. The van der Waals surface area contributed by atoms with Gasteiger partial charge in [-0.15, -0.1) is 0 Å². The van der Waals surface area contributed by atoms with Crippen LogP contribution < -0.4 is 0 Å². The molecule has 68 valence electrons. The summed E-state index contributed by atoms with van der Waals surface area (Å²) in [5.74, 6) is 0. The number of nitrogens with zero attached hydrogens (tertiary/aromatic N) is 2. The molecule has 14 heavy (non-hydrogen) atoms. The molecule has 0 saturated carbocycles. The fourth-order valence-electron chi connectivity index (χ4n) is 1.92. The van der Waals surface area contributed by atoms with Crippen molar-refractivity contribution in [1.29, 1.82) is 0 Å². The summed E-state index contributed by atoms with van der Waals surface area (Å²) in [7, 11) is 0. The summed E-state index contributed by atoms with van der Waals surface area (Å²) in [6.07, 6.45) is 11.0. The van der Waals surface area contributed by atoms with Crippen molar-refractivity contribution in [2.24, 2.45) is 0 Å². The first-order valence-corrected chi connectivity index (χ1v) is 4.72. The summed E-state index contributed by atoms with van der Waals surface area (Å²) >= 11 is 0. The zero-order valence-electron chi connectivity index (χ0n) is 7.72. The quantitative estimate of drug-likeness (QED) is 0.662. The van der Waals surface area contributed by atoms with Gasteiger partial charge in [0.15, 0.2) is 0 Å². The summed E-state index contributed by atoms with van der Waals surface area (Å²) in [5.41, 5.74) is 3.96. The molecule has 0 spiro atoms. The van der Waals surface area contributed by atoms with E-state index in [1.54, 1.807) is 0 Å². The molecule has 0 saturated heterocycles. The van der Waals surface area contributed by atoms with Gasteiger partial charge in [0.2, 0.25) is 0 Å². The van der Waals surface area contributed by atoms with E-state index < -0.39 is 0 Å². The number of benzene rings is 1. The molecule has 0 fully saturated rings. The standard InChI is InChI=1S/C12H10N2/c1-3-10-4-2-6-12(11(10)5-1)14-8-7-13-9-14/h1-4,6-9H,5H2. The molecule has 1 heterocycles. The lowest BCUT2D eigenvalue weighted by Gasteiger charge is -2.08. The van der Waals surface area contributed by atoms with Gasteiger partial charge in [-0.3, -0.25) is 0 Å². The van der Waals surface area contributed by atoms with Crippen molar-refractivity contribution in [3.05, 3.63) is 54.1 Å². The zero-order valence-corrected chi connectivity index (χ0v) is 7.72. The molecular weight excluding hydrogens is 172 g/mol. The largest absolute Gasteiger partial charge is 0.306 e. The lowest BCUT2D eigenvalue weighted by Crippen LogP contribution is -1.96. The van der Waals surface area contributed by atoms with Crippen LogP contribution in [0, 0.1) is 0 Å². The third kappa shape index (κ3) is 1.01. The molecule has 1 aromatic carbocycles. The Morgan fingerprint density at radius 1 is 1.29 bits per heavy atom. The van der Waals surface area contributed by atoms with E-state index in [2.05, 4.69) is 39.9 Å². The van der Waals surface area contributed by atoms with Gasteiger partial charge in [0.05, 0.1) is 12.0 Å². The first-order chi connectivity index (χ1) is 6.95. The second-order valence-electron chi connectivity index (χ2n) is 3.42. The van der Waals surface area contributed by atoms with Crippen LogP contribution in [0.5, 0.6) is 0 Å². The lowest BCUT2D eigenvalue weighted by molar-refractivity contribution is 1.03.